The van der Waals surface area contributed by atoms with Crippen LogP contribution in [0.2, 0.25) is 0 Å². The fourth-order valence-corrected chi connectivity index (χ4v) is 7.97. The summed E-state index contributed by atoms with van der Waals surface area (Å²) in [5, 5.41) is 14.9. The van der Waals surface area contributed by atoms with Crippen LogP contribution in [0.3, 0.4) is 0 Å². The van der Waals surface area contributed by atoms with Gasteiger partial charge in [0.2, 0.25) is 0 Å². The molecule has 1 aliphatic heterocycles. The highest BCUT2D eigenvalue weighted by atomic mass is 32.2. The Labute approximate surface area is 294 Å². The highest BCUT2D eigenvalue weighted by Crippen LogP contribution is 2.44. The fraction of sp³-hybridized carbons (Fsp3) is 0.289. The van der Waals surface area contributed by atoms with Gasteiger partial charge in [-0.2, -0.15) is 0 Å². The summed E-state index contributed by atoms with van der Waals surface area (Å²) in [4.78, 5) is 28.6. The maximum absolute atomic E-state index is 12.2. The highest BCUT2D eigenvalue weighted by molar-refractivity contribution is 8.01. The van der Waals surface area contributed by atoms with Gasteiger partial charge >= 0.3 is 12.0 Å². The van der Waals surface area contributed by atoms with Gasteiger partial charge in [0, 0.05) is 23.8 Å². The summed E-state index contributed by atoms with van der Waals surface area (Å²) >= 11 is 3.40. The van der Waals surface area contributed by atoms with Crippen molar-refractivity contribution in [1.82, 2.24) is 15.6 Å². The first-order valence-corrected chi connectivity index (χ1v) is 18.1. The lowest BCUT2D eigenvalue weighted by Crippen LogP contribution is -2.38. The number of thioether (sulfide) groups is 1. The molecule has 0 spiro atoms. The van der Waals surface area contributed by atoms with Gasteiger partial charge in [0.15, 0.2) is 10.6 Å². The van der Waals surface area contributed by atoms with Gasteiger partial charge in [-0.15, -0.1) is 11.3 Å². The maximum atomic E-state index is 12.2. The third kappa shape index (κ3) is 8.86. The zero-order valence-corrected chi connectivity index (χ0v) is 29.0. The SMILES string of the molecule is CCOC(=O)CNC(=O)NCc1cccc(-c2cccc([C@H]3O[C@@H](CSc4nc5ccccc5s4)[C@@H](C)[C@@H](c4ccc(CO)cc4)O3)c2)c1. The predicted molar refractivity (Wildman–Crippen MR) is 192 cm³/mol. The number of benzene rings is 4. The molecular weight excluding hydrogens is 659 g/mol. The Balaban J connectivity index is 1.19. The van der Waals surface area contributed by atoms with E-state index >= 15 is 0 Å². The van der Waals surface area contributed by atoms with Crippen molar-refractivity contribution in [3.05, 3.63) is 119 Å². The number of carbonyl (C=O) groups excluding carboxylic acids is 2. The first-order valence-electron chi connectivity index (χ1n) is 16.3. The van der Waals surface area contributed by atoms with Crippen molar-refractivity contribution in [3.8, 4) is 11.1 Å². The third-order valence-electron chi connectivity index (χ3n) is 8.34. The molecular formula is C38H39N3O6S2. The van der Waals surface area contributed by atoms with Crippen molar-refractivity contribution < 1.29 is 28.9 Å². The average molecular weight is 698 g/mol. The fourth-order valence-electron chi connectivity index (χ4n) is 5.71. The minimum Gasteiger partial charge on any atom is -0.465 e. The van der Waals surface area contributed by atoms with E-state index in [1.54, 1.807) is 30.0 Å². The molecule has 2 amide bonds. The van der Waals surface area contributed by atoms with Gasteiger partial charge in [-0.1, -0.05) is 91.5 Å². The Hall–Kier alpha value is -4.26. The number of hydrogen-bond acceptors (Lipinski definition) is 9. The van der Waals surface area contributed by atoms with E-state index in [-0.39, 0.29) is 37.9 Å². The summed E-state index contributed by atoms with van der Waals surface area (Å²) in [6, 6.07) is 31.7. The van der Waals surface area contributed by atoms with Crippen LogP contribution >= 0.6 is 23.1 Å². The van der Waals surface area contributed by atoms with E-state index in [0.29, 0.717) is 12.3 Å². The number of carbonyl (C=O) groups is 2. The van der Waals surface area contributed by atoms with Crippen LogP contribution in [0.5, 0.6) is 0 Å². The van der Waals surface area contributed by atoms with Gasteiger partial charge in [0.25, 0.3) is 0 Å². The number of para-hydroxylation sites is 1. The number of rotatable bonds is 12. The zero-order valence-electron chi connectivity index (χ0n) is 27.3. The van der Waals surface area contributed by atoms with Crippen molar-refractivity contribution >= 4 is 45.3 Å². The van der Waals surface area contributed by atoms with E-state index < -0.39 is 18.3 Å². The first kappa shape index (κ1) is 34.6. The van der Waals surface area contributed by atoms with E-state index in [9.17, 15) is 14.7 Å². The molecule has 0 bridgehead atoms. The summed E-state index contributed by atoms with van der Waals surface area (Å²) in [5.74, 6) is 0.290. The van der Waals surface area contributed by atoms with E-state index in [0.717, 1.165) is 43.2 Å². The van der Waals surface area contributed by atoms with E-state index in [4.69, 9.17) is 19.2 Å². The molecule has 1 aromatic heterocycles. The van der Waals surface area contributed by atoms with E-state index in [2.05, 4.69) is 29.7 Å². The summed E-state index contributed by atoms with van der Waals surface area (Å²) in [6.45, 7) is 4.24. The quantitative estimate of drug-likeness (QED) is 0.0912. The standard InChI is InChI=1S/C38H39N3O6S2/c1-3-45-34(43)21-40-37(44)39-20-26-8-6-9-28(18-26)29-10-7-11-30(19-29)36-46-32(23-48-38-41-31-12-4-5-13-33(31)49-38)24(2)35(47-36)27-16-14-25(22-42)15-17-27/h4-19,24,32,35-36,42H,3,20-23H2,1-2H3,(H2,39,40,44)/t24-,32+,35+,36+/m1/s1. The predicted octanol–water partition coefficient (Wildman–Crippen LogP) is 7.40. The lowest BCUT2D eigenvalue weighted by Gasteiger charge is -2.41. The van der Waals surface area contributed by atoms with Crippen LogP contribution in [0.1, 0.15) is 48.5 Å². The van der Waals surface area contributed by atoms with Crippen molar-refractivity contribution in [3.63, 3.8) is 0 Å². The van der Waals surface area contributed by atoms with Crippen LogP contribution in [0, 0.1) is 5.92 Å². The summed E-state index contributed by atoms with van der Waals surface area (Å²) in [7, 11) is 0. The van der Waals surface area contributed by atoms with Gasteiger partial charge < -0.3 is 30.0 Å². The topological polar surface area (TPSA) is 119 Å². The number of aliphatic hydroxyl groups is 1. The molecule has 254 valence electrons. The van der Waals surface area contributed by atoms with Crippen molar-refractivity contribution in [2.24, 2.45) is 5.92 Å². The Bertz CT molecular complexity index is 1850. The van der Waals surface area contributed by atoms with Crippen LogP contribution in [0.25, 0.3) is 21.3 Å². The minimum absolute atomic E-state index is 0.0126. The number of fused-ring (bicyclic) bond motifs is 1. The maximum Gasteiger partial charge on any atom is 0.325 e. The van der Waals surface area contributed by atoms with Crippen molar-refractivity contribution in [2.75, 3.05) is 18.9 Å². The lowest BCUT2D eigenvalue weighted by molar-refractivity contribution is -0.268. The largest absolute Gasteiger partial charge is 0.465 e. The molecule has 1 aliphatic rings. The monoisotopic (exact) mass is 697 g/mol. The highest BCUT2D eigenvalue weighted by Gasteiger charge is 2.38. The van der Waals surface area contributed by atoms with Crippen LogP contribution in [-0.4, -0.2) is 47.1 Å². The van der Waals surface area contributed by atoms with Crippen molar-refractivity contribution in [2.45, 2.75) is 49.8 Å². The van der Waals surface area contributed by atoms with Gasteiger partial charge in [0.05, 0.1) is 35.6 Å². The number of aromatic nitrogens is 1. The van der Waals surface area contributed by atoms with Crippen molar-refractivity contribution in [1.29, 1.82) is 0 Å². The molecule has 49 heavy (non-hydrogen) atoms. The number of amides is 2. The summed E-state index contributed by atoms with van der Waals surface area (Å²) in [5.41, 5.74) is 6.67. The van der Waals surface area contributed by atoms with Gasteiger partial charge in [-0.25, -0.2) is 9.78 Å². The Morgan fingerprint density at radius 2 is 1.67 bits per heavy atom. The number of esters is 1. The lowest BCUT2D eigenvalue weighted by atomic mass is 9.91. The molecule has 4 aromatic carbocycles. The number of urea groups is 1. The number of nitrogens with zero attached hydrogens (tertiary/aromatic N) is 1. The Morgan fingerprint density at radius 3 is 2.45 bits per heavy atom. The summed E-state index contributed by atoms with van der Waals surface area (Å²) < 4.78 is 20.5. The van der Waals surface area contributed by atoms with Crippen LogP contribution in [0.4, 0.5) is 4.79 Å². The van der Waals surface area contributed by atoms with Gasteiger partial charge in [-0.3, -0.25) is 4.79 Å². The minimum atomic E-state index is -0.604. The molecule has 1 saturated heterocycles. The summed E-state index contributed by atoms with van der Waals surface area (Å²) in [6.07, 6.45) is -0.945. The first-order chi connectivity index (χ1) is 23.9. The second-order valence-corrected chi connectivity index (χ2v) is 14.0. The molecule has 4 atom stereocenters. The molecule has 0 saturated carbocycles. The van der Waals surface area contributed by atoms with Gasteiger partial charge in [-0.05, 0) is 59.0 Å². The van der Waals surface area contributed by atoms with Crippen LogP contribution in [-0.2, 0) is 32.2 Å². The molecule has 0 radical (unpaired) electrons. The molecule has 9 nitrogen and oxygen atoms in total. The molecule has 0 unspecified atom stereocenters. The second-order valence-electron chi connectivity index (χ2n) is 11.7. The van der Waals surface area contributed by atoms with E-state index in [1.165, 1.54) is 4.70 Å². The molecule has 11 heteroatoms. The van der Waals surface area contributed by atoms with Crippen LogP contribution in [0.15, 0.2) is 101 Å². The molecule has 3 N–H and O–H groups in total. The number of hydrogen-bond donors (Lipinski definition) is 3. The Morgan fingerprint density at radius 1 is 0.898 bits per heavy atom. The normalized spacial score (nSPS) is 19.0. The number of ether oxygens (including phenoxy) is 3. The average Bonchev–Trinajstić information content (AvgIpc) is 3.56. The van der Waals surface area contributed by atoms with E-state index in [1.807, 2.05) is 84.9 Å². The number of thiazole rings is 1. The zero-order chi connectivity index (χ0) is 34.2. The smallest absolute Gasteiger partial charge is 0.325 e. The number of aliphatic hydroxyl groups excluding tert-OH is 1. The Kier molecular flexibility index (Phi) is 11.6. The molecule has 5 aromatic rings. The molecule has 1 fully saturated rings. The third-order valence-corrected chi connectivity index (χ3v) is 10.6. The molecule has 2 heterocycles. The van der Waals surface area contributed by atoms with Crippen LogP contribution < -0.4 is 10.6 Å². The molecule has 6 rings (SSSR count). The molecule has 0 aliphatic carbocycles. The van der Waals surface area contributed by atoms with Gasteiger partial charge in [0.1, 0.15) is 6.54 Å². The number of nitrogens with one attached hydrogen (secondary N) is 2. The second kappa shape index (κ2) is 16.4.